The van der Waals surface area contributed by atoms with Gasteiger partial charge >= 0.3 is 0 Å². The Morgan fingerprint density at radius 1 is 1.20 bits per heavy atom. The van der Waals surface area contributed by atoms with Crippen LogP contribution in [0.3, 0.4) is 0 Å². The van der Waals surface area contributed by atoms with Crippen LogP contribution in [0.1, 0.15) is 19.3 Å². The first-order valence-corrected chi connectivity index (χ1v) is 4.97. The van der Waals surface area contributed by atoms with E-state index in [-0.39, 0.29) is 0 Å². The minimum Gasteiger partial charge on any atom is -0.396 e. The predicted octanol–water partition coefficient (Wildman–Crippen LogP) is 1.79. The third-order valence-corrected chi connectivity index (χ3v) is 4.27. The summed E-state index contributed by atoms with van der Waals surface area (Å²) in [5.74, 6) is 2.41. The second-order valence-corrected chi connectivity index (χ2v) is 4.86. The van der Waals surface area contributed by atoms with E-state index in [1.165, 1.54) is 19.3 Å². The molecule has 3 aliphatic rings. The standard InChI is InChI=1S/C8H13BrO/c9-8-3-7(4-10)5-1-6(8)2-5/h5-8,10H,1-4H2/t5-,6+,7?,8?. The van der Waals surface area contributed by atoms with E-state index >= 15 is 0 Å². The van der Waals surface area contributed by atoms with E-state index < -0.39 is 0 Å². The fourth-order valence-corrected chi connectivity index (χ4v) is 3.20. The van der Waals surface area contributed by atoms with Gasteiger partial charge in [0, 0.05) is 11.4 Å². The Kier molecular flexibility index (Phi) is 1.77. The van der Waals surface area contributed by atoms with Crippen LogP contribution in [-0.4, -0.2) is 16.5 Å². The molecule has 2 heteroatoms. The average molecular weight is 205 g/mol. The van der Waals surface area contributed by atoms with Crippen molar-refractivity contribution >= 4 is 15.9 Å². The van der Waals surface area contributed by atoms with Crippen molar-refractivity contribution in [2.45, 2.75) is 24.1 Å². The lowest BCUT2D eigenvalue weighted by atomic mass is 9.60. The van der Waals surface area contributed by atoms with Crippen LogP contribution < -0.4 is 0 Å². The van der Waals surface area contributed by atoms with Crippen molar-refractivity contribution in [1.82, 2.24) is 0 Å². The zero-order valence-corrected chi connectivity index (χ0v) is 7.55. The molecular formula is C8H13BrO. The maximum Gasteiger partial charge on any atom is 0.0462 e. The molecule has 0 heterocycles. The van der Waals surface area contributed by atoms with Crippen molar-refractivity contribution in [3.05, 3.63) is 0 Å². The molecule has 3 aliphatic carbocycles. The molecule has 0 saturated heterocycles. The molecule has 2 unspecified atom stereocenters. The molecule has 3 rings (SSSR count). The molecule has 0 spiro atoms. The summed E-state index contributed by atoms with van der Waals surface area (Å²) in [4.78, 5) is 0.703. The van der Waals surface area contributed by atoms with E-state index in [0.717, 1.165) is 11.8 Å². The van der Waals surface area contributed by atoms with Gasteiger partial charge in [-0.25, -0.2) is 0 Å². The predicted molar refractivity (Wildman–Crippen MR) is 44.1 cm³/mol. The lowest BCUT2D eigenvalue weighted by molar-refractivity contribution is 0.0240. The highest BCUT2D eigenvalue weighted by atomic mass is 79.9. The van der Waals surface area contributed by atoms with E-state index in [4.69, 9.17) is 5.11 Å². The molecule has 2 bridgehead atoms. The smallest absolute Gasteiger partial charge is 0.0462 e. The van der Waals surface area contributed by atoms with Gasteiger partial charge in [-0.15, -0.1) is 0 Å². The lowest BCUT2D eigenvalue weighted by Crippen LogP contribution is -2.44. The Balaban J connectivity index is 1.99. The number of fused-ring (bicyclic) bond motifs is 2. The molecule has 0 aliphatic heterocycles. The minimum absolute atomic E-state index is 0.402. The molecule has 3 saturated carbocycles. The number of rotatable bonds is 1. The minimum atomic E-state index is 0.402. The number of hydrogen-bond acceptors (Lipinski definition) is 1. The highest BCUT2D eigenvalue weighted by Crippen LogP contribution is 2.51. The van der Waals surface area contributed by atoms with Crippen molar-refractivity contribution in [1.29, 1.82) is 0 Å². The summed E-state index contributed by atoms with van der Waals surface area (Å²) >= 11 is 3.66. The van der Waals surface area contributed by atoms with Crippen LogP contribution in [0, 0.1) is 17.8 Å². The average Bonchev–Trinajstić information content (AvgIpc) is 1.84. The number of aliphatic hydroxyl groups is 1. The maximum atomic E-state index is 8.98. The van der Waals surface area contributed by atoms with Crippen molar-refractivity contribution in [3.8, 4) is 0 Å². The normalized spacial score (nSPS) is 52.2. The second-order valence-electron chi connectivity index (χ2n) is 3.69. The third kappa shape index (κ3) is 0.928. The van der Waals surface area contributed by atoms with E-state index in [0.29, 0.717) is 17.4 Å². The molecule has 0 aromatic heterocycles. The third-order valence-electron chi connectivity index (χ3n) is 3.15. The number of halogens is 1. The van der Waals surface area contributed by atoms with Gasteiger partial charge in [0.15, 0.2) is 0 Å². The van der Waals surface area contributed by atoms with Crippen LogP contribution >= 0.6 is 15.9 Å². The quantitative estimate of drug-likeness (QED) is 0.647. The molecule has 10 heavy (non-hydrogen) atoms. The summed E-state index contributed by atoms with van der Waals surface area (Å²) in [6.07, 6.45) is 3.92. The molecule has 1 nitrogen and oxygen atoms in total. The Morgan fingerprint density at radius 3 is 2.30 bits per heavy atom. The summed E-state index contributed by atoms with van der Waals surface area (Å²) in [5.41, 5.74) is 0. The molecule has 0 radical (unpaired) electrons. The molecule has 0 aromatic carbocycles. The molecule has 3 fully saturated rings. The zero-order chi connectivity index (χ0) is 7.14. The van der Waals surface area contributed by atoms with Crippen LogP contribution in [0.15, 0.2) is 0 Å². The van der Waals surface area contributed by atoms with Gasteiger partial charge in [0.2, 0.25) is 0 Å². The number of alkyl halides is 1. The summed E-state index contributed by atoms with van der Waals surface area (Å²) in [6.45, 7) is 0.402. The van der Waals surface area contributed by atoms with Gasteiger partial charge in [0.05, 0.1) is 0 Å². The molecule has 1 N–H and O–H groups in total. The fraction of sp³-hybridized carbons (Fsp3) is 1.00. The first-order chi connectivity index (χ1) is 4.81. The van der Waals surface area contributed by atoms with Crippen molar-refractivity contribution in [3.63, 3.8) is 0 Å². The van der Waals surface area contributed by atoms with Gasteiger partial charge in [-0.2, -0.15) is 0 Å². The van der Waals surface area contributed by atoms with Gasteiger partial charge in [-0.05, 0) is 37.0 Å². The van der Waals surface area contributed by atoms with Gasteiger partial charge in [0.25, 0.3) is 0 Å². The second kappa shape index (κ2) is 2.49. The molecule has 0 aromatic rings. The van der Waals surface area contributed by atoms with Gasteiger partial charge in [0.1, 0.15) is 0 Å². The summed E-state index contributed by atoms with van der Waals surface area (Å²) in [5, 5.41) is 8.98. The van der Waals surface area contributed by atoms with E-state index in [1.807, 2.05) is 0 Å². The SMILES string of the molecule is OCC1CC(Br)[C@H]2C[C@@H]1C2. The van der Waals surface area contributed by atoms with Crippen LogP contribution in [0.25, 0.3) is 0 Å². The Labute approximate surface area is 69.9 Å². The first-order valence-electron chi connectivity index (χ1n) is 4.06. The zero-order valence-electron chi connectivity index (χ0n) is 5.96. The lowest BCUT2D eigenvalue weighted by Gasteiger charge is -2.49. The summed E-state index contributed by atoms with van der Waals surface area (Å²) in [7, 11) is 0. The Hall–Kier alpha value is 0.440. The molecule has 0 amide bonds. The molecule has 58 valence electrons. The number of aliphatic hydroxyl groups excluding tert-OH is 1. The van der Waals surface area contributed by atoms with Crippen molar-refractivity contribution in [2.75, 3.05) is 6.61 Å². The highest BCUT2D eigenvalue weighted by molar-refractivity contribution is 9.09. The van der Waals surface area contributed by atoms with Crippen molar-refractivity contribution in [2.24, 2.45) is 17.8 Å². The Morgan fingerprint density at radius 2 is 1.90 bits per heavy atom. The molecule has 2 atom stereocenters. The van der Waals surface area contributed by atoms with Crippen LogP contribution in [-0.2, 0) is 0 Å². The van der Waals surface area contributed by atoms with E-state index in [1.54, 1.807) is 0 Å². The molecular weight excluding hydrogens is 192 g/mol. The van der Waals surface area contributed by atoms with Gasteiger partial charge < -0.3 is 5.11 Å². The van der Waals surface area contributed by atoms with Crippen LogP contribution in [0.5, 0.6) is 0 Å². The van der Waals surface area contributed by atoms with Gasteiger partial charge in [-0.1, -0.05) is 15.9 Å². The Bertz CT molecular complexity index is 131. The topological polar surface area (TPSA) is 20.2 Å². The number of hydrogen-bond donors (Lipinski definition) is 1. The summed E-state index contributed by atoms with van der Waals surface area (Å²) < 4.78 is 0. The van der Waals surface area contributed by atoms with E-state index in [2.05, 4.69) is 15.9 Å². The summed E-state index contributed by atoms with van der Waals surface area (Å²) in [6, 6.07) is 0. The first kappa shape index (κ1) is 7.11. The van der Waals surface area contributed by atoms with Crippen molar-refractivity contribution < 1.29 is 5.11 Å². The highest BCUT2D eigenvalue weighted by Gasteiger charge is 2.44. The largest absolute Gasteiger partial charge is 0.396 e. The maximum absolute atomic E-state index is 8.98. The monoisotopic (exact) mass is 204 g/mol. The van der Waals surface area contributed by atoms with Crippen LogP contribution in [0.2, 0.25) is 0 Å². The van der Waals surface area contributed by atoms with E-state index in [9.17, 15) is 0 Å². The van der Waals surface area contributed by atoms with Crippen LogP contribution in [0.4, 0.5) is 0 Å². The van der Waals surface area contributed by atoms with Gasteiger partial charge in [-0.3, -0.25) is 0 Å². The fourth-order valence-electron chi connectivity index (χ4n) is 2.29.